The van der Waals surface area contributed by atoms with Gasteiger partial charge in [0.1, 0.15) is 0 Å². The molecule has 1 saturated carbocycles. The molecule has 0 aromatic heterocycles. The first-order valence-corrected chi connectivity index (χ1v) is 6.20. The Morgan fingerprint density at radius 3 is 2.94 bits per heavy atom. The van der Waals surface area contributed by atoms with E-state index in [9.17, 15) is 10.4 Å². The molecule has 2 fully saturated rings. The van der Waals surface area contributed by atoms with E-state index in [2.05, 4.69) is 11.0 Å². The van der Waals surface area contributed by atoms with Gasteiger partial charge in [-0.3, -0.25) is 4.90 Å². The maximum absolute atomic E-state index is 9.35. The second kappa shape index (κ2) is 5.62. The minimum Gasteiger partial charge on any atom is -0.395 e. The van der Waals surface area contributed by atoms with Crippen molar-refractivity contribution in [2.75, 3.05) is 26.4 Å². The average Bonchev–Trinajstić information content (AvgIpc) is 2.38. The molecule has 0 spiro atoms. The number of aliphatic hydroxyl groups is 1. The van der Waals surface area contributed by atoms with Gasteiger partial charge in [-0.1, -0.05) is 12.8 Å². The van der Waals surface area contributed by atoms with E-state index < -0.39 is 0 Å². The quantitative estimate of drug-likeness (QED) is 0.752. The third-order valence-corrected chi connectivity index (χ3v) is 3.81. The zero-order valence-corrected chi connectivity index (χ0v) is 9.64. The molecular weight excluding hydrogens is 204 g/mol. The second-order valence-electron chi connectivity index (χ2n) is 4.74. The second-order valence-corrected chi connectivity index (χ2v) is 4.74. The fraction of sp³-hybridized carbons (Fsp3) is 0.917. The van der Waals surface area contributed by atoms with E-state index in [1.165, 1.54) is 12.8 Å². The minimum absolute atomic E-state index is 0.0905. The lowest BCUT2D eigenvalue weighted by molar-refractivity contribution is -0.0600. The van der Waals surface area contributed by atoms with E-state index in [4.69, 9.17) is 4.74 Å². The van der Waals surface area contributed by atoms with Crippen molar-refractivity contribution >= 4 is 0 Å². The fourth-order valence-corrected chi connectivity index (χ4v) is 2.92. The summed E-state index contributed by atoms with van der Waals surface area (Å²) < 4.78 is 5.38. The topological polar surface area (TPSA) is 56.5 Å². The van der Waals surface area contributed by atoms with Crippen LogP contribution in [0, 0.1) is 17.2 Å². The van der Waals surface area contributed by atoms with Gasteiger partial charge >= 0.3 is 0 Å². The van der Waals surface area contributed by atoms with Crippen molar-refractivity contribution in [1.29, 1.82) is 5.26 Å². The summed E-state index contributed by atoms with van der Waals surface area (Å²) in [5.74, 6) is 0.140. The third kappa shape index (κ3) is 2.37. The largest absolute Gasteiger partial charge is 0.395 e. The summed E-state index contributed by atoms with van der Waals surface area (Å²) in [5, 5.41) is 18.5. The lowest BCUT2D eigenvalue weighted by Gasteiger charge is -2.43. The van der Waals surface area contributed by atoms with Crippen LogP contribution in [-0.4, -0.2) is 48.5 Å². The molecule has 4 nitrogen and oxygen atoms in total. The molecular formula is C12H20N2O2. The number of nitriles is 1. The van der Waals surface area contributed by atoms with Gasteiger partial charge in [0.05, 0.1) is 37.8 Å². The fourth-order valence-electron chi connectivity index (χ4n) is 2.92. The Bertz CT molecular complexity index is 264. The summed E-state index contributed by atoms with van der Waals surface area (Å²) >= 11 is 0. The maximum atomic E-state index is 9.35. The summed E-state index contributed by atoms with van der Waals surface area (Å²) in [4.78, 5) is 2.30. The molecule has 1 aliphatic heterocycles. The molecule has 2 aliphatic rings. The smallest absolute Gasteiger partial charge is 0.0672 e. The van der Waals surface area contributed by atoms with E-state index in [1.807, 2.05) is 0 Å². The summed E-state index contributed by atoms with van der Waals surface area (Å²) in [5.41, 5.74) is 0. The van der Waals surface area contributed by atoms with Crippen LogP contribution in [0.5, 0.6) is 0 Å². The van der Waals surface area contributed by atoms with Crippen molar-refractivity contribution in [3.8, 4) is 6.07 Å². The predicted octanol–water partition coefficient (Wildman–Crippen LogP) is 0.762. The third-order valence-electron chi connectivity index (χ3n) is 3.81. The van der Waals surface area contributed by atoms with E-state index >= 15 is 0 Å². The van der Waals surface area contributed by atoms with Gasteiger partial charge in [-0.25, -0.2) is 0 Å². The van der Waals surface area contributed by atoms with E-state index in [-0.39, 0.29) is 18.6 Å². The molecule has 0 aromatic carbocycles. The van der Waals surface area contributed by atoms with Crippen molar-refractivity contribution in [2.24, 2.45) is 5.92 Å². The van der Waals surface area contributed by atoms with Crippen molar-refractivity contribution in [3.05, 3.63) is 0 Å². The Labute approximate surface area is 96.8 Å². The molecule has 4 heteroatoms. The van der Waals surface area contributed by atoms with Crippen molar-refractivity contribution in [1.82, 2.24) is 4.90 Å². The van der Waals surface area contributed by atoms with Gasteiger partial charge in [-0.2, -0.15) is 5.26 Å². The van der Waals surface area contributed by atoms with Gasteiger partial charge in [0.15, 0.2) is 0 Å². The van der Waals surface area contributed by atoms with Crippen LogP contribution in [-0.2, 0) is 4.74 Å². The molecule has 0 amide bonds. The summed E-state index contributed by atoms with van der Waals surface area (Å²) in [6.07, 6.45) is 4.48. The molecule has 16 heavy (non-hydrogen) atoms. The molecule has 1 aliphatic carbocycles. The molecule has 2 rings (SSSR count). The molecule has 1 heterocycles. The van der Waals surface area contributed by atoms with Crippen molar-refractivity contribution in [2.45, 2.75) is 37.8 Å². The van der Waals surface area contributed by atoms with Crippen LogP contribution in [0.25, 0.3) is 0 Å². The Hall–Kier alpha value is -0.630. The first kappa shape index (κ1) is 11.8. The van der Waals surface area contributed by atoms with E-state index in [0.29, 0.717) is 12.6 Å². The molecule has 90 valence electrons. The van der Waals surface area contributed by atoms with Gasteiger partial charge < -0.3 is 9.84 Å². The molecule has 1 N–H and O–H groups in total. The van der Waals surface area contributed by atoms with Gasteiger partial charge in [-0.05, 0) is 12.8 Å². The SMILES string of the molecule is N#CC1CCCCC1N1CCOCC1CO. The van der Waals surface area contributed by atoms with Crippen LogP contribution in [0.3, 0.4) is 0 Å². The summed E-state index contributed by atoms with van der Waals surface area (Å²) in [7, 11) is 0. The van der Waals surface area contributed by atoms with Crippen LogP contribution >= 0.6 is 0 Å². The van der Waals surface area contributed by atoms with Gasteiger partial charge in [0.25, 0.3) is 0 Å². The van der Waals surface area contributed by atoms with E-state index in [1.54, 1.807) is 0 Å². The van der Waals surface area contributed by atoms with Crippen molar-refractivity contribution in [3.63, 3.8) is 0 Å². The number of rotatable bonds is 2. The number of hydrogen-bond acceptors (Lipinski definition) is 4. The normalized spacial score (nSPS) is 36.9. The molecule has 3 atom stereocenters. The van der Waals surface area contributed by atoms with Crippen LogP contribution in [0.15, 0.2) is 0 Å². The highest BCUT2D eigenvalue weighted by Gasteiger charge is 2.35. The average molecular weight is 224 g/mol. The zero-order valence-electron chi connectivity index (χ0n) is 9.64. The highest BCUT2D eigenvalue weighted by atomic mass is 16.5. The van der Waals surface area contributed by atoms with Gasteiger partial charge in [0.2, 0.25) is 0 Å². The lowest BCUT2D eigenvalue weighted by Crippen LogP contribution is -2.55. The number of aliphatic hydroxyl groups excluding tert-OH is 1. The summed E-state index contributed by atoms with van der Waals surface area (Å²) in [6, 6.07) is 2.86. The Balaban J connectivity index is 2.05. The van der Waals surface area contributed by atoms with E-state index in [0.717, 1.165) is 26.0 Å². The Morgan fingerprint density at radius 1 is 1.38 bits per heavy atom. The molecule has 3 unspecified atom stereocenters. The number of ether oxygens (including phenoxy) is 1. The highest BCUT2D eigenvalue weighted by molar-refractivity contribution is 4.97. The number of hydrogen-bond donors (Lipinski definition) is 1. The van der Waals surface area contributed by atoms with Crippen LogP contribution in [0.1, 0.15) is 25.7 Å². The first-order chi connectivity index (χ1) is 7.86. The standard InChI is InChI=1S/C12H20N2O2/c13-7-10-3-1-2-4-12(10)14-5-6-16-9-11(14)8-15/h10-12,15H,1-6,8-9H2. The van der Waals surface area contributed by atoms with Crippen LogP contribution in [0.4, 0.5) is 0 Å². The van der Waals surface area contributed by atoms with Gasteiger partial charge in [-0.15, -0.1) is 0 Å². The highest BCUT2D eigenvalue weighted by Crippen LogP contribution is 2.30. The monoisotopic (exact) mass is 224 g/mol. The number of nitrogens with zero attached hydrogens (tertiary/aromatic N) is 2. The van der Waals surface area contributed by atoms with Gasteiger partial charge in [0, 0.05) is 12.6 Å². The number of morpholine rings is 1. The Kier molecular flexibility index (Phi) is 4.16. The van der Waals surface area contributed by atoms with Crippen LogP contribution < -0.4 is 0 Å². The molecule has 0 bridgehead atoms. The van der Waals surface area contributed by atoms with Crippen molar-refractivity contribution < 1.29 is 9.84 Å². The zero-order chi connectivity index (χ0) is 11.4. The first-order valence-electron chi connectivity index (χ1n) is 6.20. The Morgan fingerprint density at radius 2 is 2.19 bits per heavy atom. The molecule has 0 radical (unpaired) electrons. The maximum Gasteiger partial charge on any atom is 0.0672 e. The molecule has 0 aromatic rings. The summed E-state index contributed by atoms with van der Waals surface area (Å²) in [6.45, 7) is 2.32. The lowest BCUT2D eigenvalue weighted by atomic mass is 9.83. The minimum atomic E-state index is 0.0905. The van der Waals surface area contributed by atoms with Crippen LogP contribution in [0.2, 0.25) is 0 Å². The molecule has 1 saturated heterocycles. The predicted molar refractivity (Wildman–Crippen MR) is 59.8 cm³/mol.